The molecule has 0 N–H and O–H groups in total. The van der Waals surface area contributed by atoms with Crippen LogP contribution in [-0.2, 0) is 0 Å². The number of rotatable bonds is 0. The zero-order valence-corrected chi connectivity index (χ0v) is 11.8. The van der Waals surface area contributed by atoms with Crippen molar-refractivity contribution in [2.24, 2.45) is 0 Å². The monoisotopic (exact) mass is 273 g/mol. The average Bonchev–Trinajstić information content (AvgIpc) is 2.85. The largest absolute Gasteiger partial charge is 0.192 e. The topological polar surface area (TPSA) is 23.8 Å². The van der Waals surface area contributed by atoms with Gasteiger partial charge in [-0.15, -0.1) is 11.3 Å². The Morgan fingerprint density at radius 3 is 2.70 bits per heavy atom. The first-order chi connectivity index (χ1) is 9.79. The molecule has 2 heteroatoms. The standard InChI is InChI=1S/C18H11NS/c1-11-5-4-6-12-9-13(10-19)17-14-7-2-3-8-15(14)20-18(17)16(11)12/h2-9H,1H3. The Hall–Kier alpha value is -2.37. The highest BCUT2D eigenvalue weighted by molar-refractivity contribution is 7.26. The summed E-state index contributed by atoms with van der Waals surface area (Å²) in [4.78, 5) is 0. The number of benzene rings is 3. The molecule has 0 bridgehead atoms. The van der Waals surface area contributed by atoms with Gasteiger partial charge in [-0.05, 0) is 30.0 Å². The normalized spacial score (nSPS) is 11.2. The molecule has 20 heavy (non-hydrogen) atoms. The Morgan fingerprint density at radius 1 is 1.00 bits per heavy atom. The first kappa shape index (κ1) is 11.5. The lowest BCUT2D eigenvalue weighted by atomic mass is 9.98. The fraction of sp³-hybridized carbons (Fsp3) is 0.0556. The van der Waals surface area contributed by atoms with E-state index >= 15 is 0 Å². The van der Waals surface area contributed by atoms with Gasteiger partial charge < -0.3 is 0 Å². The second-order valence-corrected chi connectivity index (χ2v) is 6.06. The maximum absolute atomic E-state index is 9.50. The maximum Gasteiger partial charge on any atom is 0.0998 e. The predicted octanol–water partition coefficient (Wildman–Crippen LogP) is 5.39. The molecular weight excluding hydrogens is 262 g/mol. The number of aryl methyl sites for hydroxylation is 1. The quantitative estimate of drug-likeness (QED) is 0.421. The van der Waals surface area contributed by atoms with E-state index in [-0.39, 0.29) is 0 Å². The summed E-state index contributed by atoms with van der Waals surface area (Å²) in [7, 11) is 0. The van der Waals surface area contributed by atoms with Crippen LogP contribution in [-0.4, -0.2) is 0 Å². The van der Waals surface area contributed by atoms with Crippen molar-refractivity contribution < 1.29 is 0 Å². The predicted molar refractivity (Wildman–Crippen MR) is 86.3 cm³/mol. The van der Waals surface area contributed by atoms with E-state index in [4.69, 9.17) is 0 Å². The SMILES string of the molecule is Cc1cccc2cc(C#N)c3c4ccccc4sc3c12. The fourth-order valence-electron chi connectivity index (χ4n) is 2.93. The van der Waals surface area contributed by atoms with Gasteiger partial charge in [-0.2, -0.15) is 5.26 Å². The van der Waals surface area contributed by atoms with Crippen LogP contribution in [0.5, 0.6) is 0 Å². The smallest absolute Gasteiger partial charge is 0.0998 e. The zero-order valence-electron chi connectivity index (χ0n) is 11.0. The second-order valence-electron chi connectivity index (χ2n) is 5.01. The molecule has 0 aliphatic rings. The lowest BCUT2D eigenvalue weighted by Gasteiger charge is -2.05. The van der Waals surface area contributed by atoms with E-state index in [0.717, 1.165) is 16.3 Å². The zero-order chi connectivity index (χ0) is 13.7. The van der Waals surface area contributed by atoms with Crippen LogP contribution in [0.1, 0.15) is 11.1 Å². The Kier molecular flexibility index (Phi) is 2.33. The van der Waals surface area contributed by atoms with Crippen LogP contribution in [0.25, 0.3) is 30.9 Å². The third-order valence-electron chi connectivity index (χ3n) is 3.82. The molecular formula is C18H11NS. The van der Waals surface area contributed by atoms with Gasteiger partial charge in [-0.25, -0.2) is 0 Å². The summed E-state index contributed by atoms with van der Waals surface area (Å²) in [5, 5.41) is 14.2. The molecule has 0 aliphatic heterocycles. The van der Waals surface area contributed by atoms with Crippen molar-refractivity contribution in [3.05, 3.63) is 59.7 Å². The first-order valence-electron chi connectivity index (χ1n) is 6.53. The van der Waals surface area contributed by atoms with Gasteiger partial charge in [0.05, 0.1) is 11.6 Å². The molecule has 0 aliphatic carbocycles. The molecule has 4 aromatic rings. The first-order valence-corrected chi connectivity index (χ1v) is 7.35. The molecule has 0 amide bonds. The van der Waals surface area contributed by atoms with Crippen molar-refractivity contribution in [2.75, 3.05) is 0 Å². The van der Waals surface area contributed by atoms with Gasteiger partial charge in [-0.1, -0.05) is 36.4 Å². The Labute approximate surface area is 120 Å². The van der Waals surface area contributed by atoms with E-state index in [2.05, 4.69) is 49.4 Å². The fourth-order valence-corrected chi connectivity index (χ4v) is 4.28. The Balaban J connectivity index is 2.41. The van der Waals surface area contributed by atoms with Gasteiger partial charge in [0.15, 0.2) is 0 Å². The summed E-state index contributed by atoms with van der Waals surface area (Å²) in [6, 6.07) is 19.0. The number of hydrogen-bond donors (Lipinski definition) is 0. The van der Waals surface area contributed by atoms with Crippen LogP contribution in [0.15, 0.2) is 48.5 Å². The number of fused-ring (bicyclic) bond motifs is 5. The summed E-state index contributed by atoms with van der Waals surface area (Å²) in [5.41, 5.74) is 2.04. The summed E-state index contributed by atoms with van der Waals surface area (Å²) >= 11 is 1.78. The van der Waals surface area contributed by atoms with Crippen molar-refractivity contribution in [2.45, 2.75) is 6.92 Å². The van der Waals surface area contributed by atoms with Gasteiger partial charge in [0.25, 0.3) is 0 Å². The lowest BCUT2D eigenvalue weighted by Crippen LogP contribution is -1.83. The molecule has 0 radical (unpaired) electrons. The minimum atomic E-state index is 0.774. The summed E-state index contributed by atoms with van der Waals surface area (Å²) in [5.74, 6) is 0. The molecule has 1 nitrogen and oxygen atoms in total. The lowest BCUT2D eigenvalue weighted by molar-refractivity contribution is 1.51. The van der Waals surface area contributed by atoms with E-state index in [1.807, 2.05) is 12.1 Å². The third-order valence-corrected chi connectivity index (χ3v) is 5.01. The van der Waals surface area contributed by atoms with E-state index in [9.17, 15) is 5.26 Å². The van der Waals surface area contributed by atoms with Crippen LogP contribution >= 0.6 is 11.3 Å². The summed E-state index contributed by atoms with van der Waals surface area (Å²) in [6.45, 7) is 2.14. The van der Waals surface area contributed by atoms with Crippen LogP contribution < -0.4 is 0 Å². The van der Waals surface area contributed by atoms with Crippen LogP contribution in [0.2, 0.25) is 0 Å². The average molecular weight is 273 g/mol. The van der Waals surface area contributed by atoms with E-state index in [1.165, 1.54) is 25.7 Å². The van der Waals surface area contributed by atoms with E-state index in [1.54, 1.807) is 11.3 Å². The third kappa shape index (κ3) is 1.41. The second kappa shape index (κ2) is 4.06. The van der Waals surface area contributed by atoms with Crippen LogP contribution in [0.3, 0.4) is 0 Å². The van der Waals surface area contributed by atoms with Crippen molar-refractivity contribution in [3.63, 3.8) is 0 Å². The molecule has 94 valence electrons. The van der Waals surface area contributed by atoms with Gasteiger partial charge in [0, 0.05) is 25.6 Å². The van der Waals surface area contributed by atoms with Crippen molar-refractivity contribution in [1.82, 2.24) is 0 Å². The highest BCUT2D eigenvalue weighted by Gasteiger charge is 2.13. The minimum absolute atomic E-state index is 0.774. The number of nitriles is 1. The highest BCUT2D eigenvalue weighted by Crippen LogP contribution is 2.41. The van der Waals surface area contributed by atoms with Crippen LogP contribution in [0, 0.1) is 18.3 Å². The van der Waals surface area contributed by atoms with Crippen LogP contribution in [0.4, 0.5) is 0 Å². The number of thiophene rings is 1. The summed E-state index contributed by atoms with van der Waals surface area (Å²) < 4.78 is 2.48. The Morgan fingerprint density at radius 2 is 1.85 bits per heavy atom. The van der Waals surface area contributed by atoms with Gasteiger partial charge >= 0.3 is 0 Å². The van der Waals surface area contributed by atoms with Gasteiger partial charge in [0.1, 0.15) is 0 Å². The number of hydrogen-bond acceptors (Lipinski definition) is 2. The van der Waals surface area contributed by atoms with Crippen molar-refractivity contribution >= 4 is 42.3 Å². The molecule has 1 aromatic heterocycles. The molecule has 4 rings (SSSR count). The minimum Gasteiger partial charge on any atom is -0.192 e. The maximum atomic E-state index is 9.50. The molecule has 0 unspecified atom stereocenters. The molecule has 1 heterocycles. The molecule has 3 aromatic carbocycles. The van der Waals surface area contributed by atoms with E-state index < -0.39 is 0 Å². The molecule has 0 spiro atoms. The molecule has 0 saturated heterocycles. The molecule has 0 saturated carbocycles. The van der Waals surface area contributed by atoms with Gasteiger partial charge in [0.2, 0.25) is 0 Å². The summed E-state index contributed by atoms with van der Waals surface area (Å²) in [6.07, 6.45) is 0. The Bertz CT molecular complexity index is 1020. The van der Waals surface area contributed by atoms with E-state index in [0.29, 0.717) is 0 Å². The van der Waals surface area contributed by atoms with Crippen molar-refractivity contribution in [3.8, 4) is 6.07 Å². The van der Waals surface area contributed by atoms with Gasteiger partial charge in [-0.3, -0.25) is 0 Å². The molecule has 0 fully saturated rings. The van der Waals surface area contributed by atoms with Crippen molar-refractivity contribution in [1.29, 1.82) is 5.26 Å². The number of nitrogens with zero attached hydrogens (tertiary/aromatic N) is 1. The highest BCUT2D eigenvalue weighted by atomic mass is 32.1. The molecule has 0 atom stereocenters.